The lowest BCUT2D eigenvalue weighted by Gasteiger charge is -2.10. The van der Waals surface area contributed by atoms with E-state index in [2.05, 4.69) is 15.6 Å². The topological polar surface area (TPSA) is 72.5 Å². The van der Waals surface area contributed by atoms with Crippen LogP contribution in [0.3, 0.4) is 0 Å². The first-order valence-electron chi connectivity index (χ1n) is 6.35. The summed E-state index contributed by atoms with van der Waals surface area (Å²) in [4.78, 5) is 16.2. The number of pyridine rings is 1. The number of nitrogens with one attached hydrogen (secondary N) is 2. The van der Waals surface area contributed by atoms with Crippen LogP contribution in [0.4, 0.5) is 11.4 Å². The lowest BCUT2D eigenvalue weighted by molar-refractivity contribution is 0.102. The van der Waals surface area contributed by atoms with Crippen molar-refractivity contribution in [2.45, 2.75) is 0 Å². The van der Waals surface area contributed by atoms with Crippen LogP contribution in [0.2, 0.25) is 0 Å². The van der Waals surface area contributed by atoms with Gasteiger partial charge in [0.05, 0.1) is 26.1 Å². The fourth-order valence-electron chi connectivity index (χ4n) is 1.79. The Hall–Kier alpha value is -2.76. The molecule has 0 saturated heterocycles. The Labute approximate surface area is 123 Å². The molecule has 110 valence electrons. The average molecular weight is 287 g/mol. The van der Waals surface area contributed by atoms with Gasteiger partial charge in [-0.15, -0.1) is 0 Å². The average Bonchev–Trinajstić information content (AvgIpc) is 2.54. The number of carbonyl (C=O) groups is 1. The quantitative estimate of drug-likeness (QED) is 0.883. The van der Waals surface area contributed by atoms with E-state index in [0.29, 0.717) is 22.9 Å². The Morgan fingerprint density at radius 2 is 1.76 bits per heavy atom. The van der Waals surface area contributed by atoms with Gasteiger partial charge < -0.3 is 20.1 Å². The van der Waals surface area contributed by atoms with Crippen molar-refractivity contribution in [1.82, 2.24) is 4.98 Å². The smallest absolute Gasteiger partial charge is 0.274 e. The molecule has 1 heterocycles. The number of rotatable bonds is 5. The number of hydrogen-bond acceptors (Lipinski definition) is 5. The molecular weight excluding hydrogens is 270 g/mol. The van der Waals surface area contributed by atoms with E-state index < -0.39 is 0 Å². The predicted octanol–water partition coefficient (Wildman–Crippen LogP) is 2.39. The molecule has 0 fully saturated rings. The van der Waals surface area contributed by atoms with E-state index in [1.54, 1.807) is 57.8 Å². The molecule has 0 spiro atoms. The van der Waals surface area contributed by atoms with Crippen LogP contribution in [-0.2, 0) is 0 Å². The molecule has 1 aromatic carbocycles. The number of nitrogens with zero attached hydrogens (tertiary/aromatic N) is 1. The third-order valence-corrected chi connectivity index (χ3v) is 2.93. The molecule has 1 amide bonds. The largest absolute Gasteiger partial charge is 0.493 e. The highest BCUT2D eigenvalue weighted by Gasteiger charge is 2.10. The Bertz CT molecular complexity index is 627. The number of methoxy groups -OCH3 is 2. The first-order chi connectivity index (χ1) is 10.2. The minimum atomic E-state index is -0.287. The SMILES string of the molecule is CNc1ccc(C(=O)Nc2ccc(OC)c(OC)c2)nc1. The maximum Gasteiger partial charge on any atom is 0.274 e. The zero-order chi connectivity index (χ0) is 15.2. The number of aromatic nitrogens is 1. The van der Waals surface area contributed by atoms with Gasteiger partial charge in [0.1, 0.15) is 5.69 Å². The Morgan fingerprint density at radius 1 is 1.05 bits per heavy atom. The summed E-state index contributed by atoms with van der Waals surface area (Å²) in [5.41, 5.74) is 1.79. The third kappa shape index (κ3) is 3.42. The van der Waals surface area contributed by atoms with Crippen LogP contribution >= 0.6 is 0 Å². The molecule has 0 radical (unpaired) electrons. The summed E-state index contributed by atoms with van der Waals surface area (Å²) < 4.78 is 10.3. The maximum absolute atomic E-state index is 12.1. The van der Waals surface area contributed by atoms with Crippen molar-refractivity contribution in [2.75, 3.05) is 31.9 Å². The van der Waals surface area contributed by atoms with Crippen molar-refractivity contribution >= 4 is 17.3 Å². The molecule has 0 bridgehead atoms. The van der Waals surface area contributed by atoms with Gasteiger partial charge in [0.2, 0.25) is 0 Å². The molecule has 1 aromatic heterocycles. The maximum atomic E-state index is 12.1. The van der Waals surface area contributed by atoms with Crippen molar-refractivity contribution in [3.63, 3.8) is 0 Å². The van der Waals surface area contributed by atoms with E-state index in [0.717, 1.165) is 5.69 Å². The second-order valence-corrected chi connectivity index (χ2v) is 4.21. The van der Waals surface area contributed by atoms with Crippen molar-refractivity contribution in [1.29, 1.82) is 0 Å². The fraction of sp³-hybridized carbons (Fsp3) is 0.200. The molecule has 0 saturated carbocycles. The van der Waals surface area contributed by atoms with Crippen LogP contribution in [0.25, 0.3) is 0 Å². The van der Waals surface area contributed by atoms with E-state index in [1.165, 1.54) is 0 Å². The fourth-order valence-corrected chi connectivity index (χ4v) is 1.79. The van der Waals surface area contributed by atoms with Gasteiger partial charge in [0.25, 0.3) is 5.91 Å². The Morgan fingerprint density at radius 3 is 2.33 bits per heavy atom. The number of anilines is 2. The number of benzene rings is 1. The molecule has 6 heteroatoms. The summed E-state index contributed by atoms with van der Waals surface area (Å²) in [7, 11) is 4.89. The van der Waals surface area contributed by atoms with Crippen LogP contribution in [-0.4, -0.2) is 32.2 Å². The summed E-state index contributed by atoms with van der Waals surface area (Å²) in [6, 6.07) is 8.60. The second-order valence-electron chi connectivity index (χ2n) is 4.21. The second kappa shape index (κ2) is 6.60. The molecule has 21 heavy (non-hydrogen) atoms. The van der Waals surface area contributed by atoms with Gasteiger partial charge in [0, 0.05) is 18.8 Å². The summed E-state index contributed by atoms with van der Waals surface area (Å²) in [5.74, 6) is 0.866. The predicted molar refractivity (Wildman–Crippen MR) is 81.3 cm³/mol. The van der Waals surface area contributed by atoms with Crippen molar-refractivity contribution in [3.8, 4) is 11.5 Å². The number of carbonyl (C=O) groups excluding carboxylic acids is 1. The van der Waals surface area contributed by atoms with E-state index >= 15 is 0 Å². The number of hydrogen-bond donors (Lipinski definition) is 2. The first-order valence-corrected chi connectivity index (χ1v) is 6.35. The molecule has 6 nitrogen and oxygen atoms in total. The van der Waals surface area contributed by atoms with Crippen molar-refractivity contribution in [3.05, 3.63) is 42.2 Å². The van der Waals surface area contributed by atoms with Crippen LogP contribution in [0.1, 0.15) is 10.5 Å². The van der Waals surface area contributed by atoms with Crippen molar-refractivity contribution < 1.29 is 14.3 Å². The molecule has 0 aliphatic carbocycles. The van der Waals surface area contributed by atoms with Gasteiger partial charge in [-0.1, -0.05) is 0 Å². The normalized spacial score (nSPS) is 9.86. The lowest BCUT2D eigenvalue weighted by Crippen LogP contribution is -2.13. The molecule has 0 unspecified atom stereocenters. The van der Waals surface area contributed by atoms with Crippen LogP contribution in [0, 0.1) is 0 Å². The van der Waals surface area contributed by atoms with E-state index in [4.69, 9.17) is 9.47 Å². The summed E-state index contributed by atoms with van der Waals surface area (Å²) in [5, 5.41) is 5.71. The lowest BCUT2D eigenvalue weighted by atomic mass is 10.2. The van der Waals surface area contributed by atoms with Crippen molar-refractivity contribution in [2.24, 2.45) is 0 Å². The standard InChI is InChI=1S/C15H17N3O3/c1-16-11-4-6-12(17-9-11)15(19)18-10-5-7-13(20-2)14(8-10)21-3/h4-9,16H,1-3H3,(H,18,19). The van der Waals surface area contributed by atoms with E-state index in [9.17, 15) is 4.79 Å². The van der Waals surface area contributed by atoms with E-state index in [-0.39, 0.29) is 5.91 Å². The minimum absolute atomic E-state index is 0.287. The molecule has 0 aliphatic rings. The zero-order valence-electron chi connectivity index (χ0n) is 12.1. The summed E-state index contributed by atoms with van der Waals surface area (Å²) in [6.07, 6.45) is 1.60. The highest BCUT2D eigenvalue weighted by atomic mass is 16.5. The summed E-state index contributed by atoms with van der Waals surface area (Å²) >= 11 is 0. The monoisotopic (exact) mass is 287 g/mol. The summed E-state index contributed by atoms with van der Waals surface area (Å²) in [6.45, 7) is 0. The van der Waals surface area contributed by atoms with Gasteiger partial charge in [-0.3, -0.25) is 4.79 Å². The molecule has 2 aromatic rings. The van der Waals surface area contributed by atoms with Crippen LogP contribution in [0.5, 0.6) is 11.5 Å². The molecular formula is C15H17N3O3. The minimum Gasteiger partial charge on any atom is -0.493 e. The highest BCUT2D eigenvalue weighted by Crippen LogP contribution is 2.29. The molecule has 2 N–H and O–H groups in total. The van der Waals surface area contributed by atoms with Gasteiger partial charge >= 0.3 is 0 Å². The number of amides is 1. The molecule has 0 atom stereocenters. The van der Waals surface area contributed by atoms with Gasteiger partial charge in [-0.25, -0.2) is 4.98 Å². The van der Waals surface area contributed by atoms with Gasteiger partial charge in [-0.2, -0.15) is 0 Å². The van der Waals surface area contributed by atoms with Gasteiger partial charge in [0.15, 0.2) is 11.5 Å². The molecule has 2 rings (SSSR count). The highest BCUT2D eigenvalue weighted by molar-refractivity contribution is 6.03. The van der Waals surface area contributed by atoms with E-state index in [1.807, 2.05) is 0 Å². The number of ether oxygens (including phenoxy) is 2. The van der Waals surface area contributed by atoms with Crippen LogP contribution in [0.15, 0.2) is 36.5 Å². The zero-order valence-corrected chi connectivity index (χ0v) is 12.1. The molecule has 0 aliphatic heterocycles. The Kier molecular flexibility index (Phi) is 4.61. The Balaban J connectivity index is 2.14. The third-order valence-electron chi connectivity index (χ3n) is 2.93. The van der Waals surface area contributed by atoms with Gasteiger partial charge in [-0.05, 0) is 24.3 Å². The first kappa shape index (κ1) is 14.6. The van der Waals surface area contributed by atoms with Crippen LogP contribution < -0.4 is 20.1 Å².